The SMILES string of the molecule is COc1ccc(Cl)cc1N1C[C@@H](C(=O)Nc2ccccc2Cl)CC1=O. The maximum absolute atomic E-state index is 12.5. The van der Waals surface area contributed by atoms with Gasteiger partial charge in [-0.05, 0) is 30.3 Å². The average molecular weight is 379 g/mol. The Labute approximate surface area is 155 Å². The molecule has 1 saturated heterocycles. The topological polar surface area (TPSA) is 58.6 Å². The van der Waals surface area contributed by atoms with E-state index in [-0.39, 0.29) is 24.8 Å². The molecule has 0 radical (unpaired) electrons. The summed E-state index contributed by atoms with van der Waals surface area (Å²) in [5, 5.41) is 3.72. The van der Waals surface area contributed by atoms with Crippen molar-refractivity contribution in [3.05, 3.63) is 52.5 Å². The maximum atomic E-state index is 12.5. The van der Waals surface area contributed by atoms with Crippen LogP contribution < -0.4 is 15.0 Å². The molecule has 0 saturated carbocycles. The molecule has 5 nitrogen and oxygen atoms in total. The van der Waals surface area contributed by atoms with Gasteiger partial charge in [0.25, 0.3) is 0 Å². The summed E-state index contributed by atoms with van der Waals surface area (Å²) in [5.41, 5.74) is 1.09. The Morgan fingerprint density at radius 1 is 1.24 bits per heavy atom. The average Bonchev–Trinajstić information content (AvgIpc) is 2.98. The standard InChI is InChI=1S/C18H16Cl2N2O3/c1-25-16-7-6-12(19)9-15(16)22-10-11(8-17(22)23)18(24)21-14-5-3-2-4-13(14)20/h2-7,9,11H,8,10H2,1H3,(H,21,24)/t11-/m0/s1. The highest BCUT2D eigenvalue weighted by atomic mass is 35.5. The van der Waals surface area contributed by atoms with Gasteiger partial charge in [0.1, 0.15) is 5.75 Å². The van der Waals surface area contributed by atoms with E-state index in [1.807, 2.05) is 0 Å². The molecule has 0 bridgehead atoms. The quantitative estimate of drug-likeness (QED) is 0.874. The Kier molecular flexibility index (Phi) is 5.16. The van der Waals surface area contributed by atoms with Crippen molar-refractivity contribution in [3.63, 3.8) is 0 Å². The monoisotopic (exact) mass is 378 g/mol. The number of carbonyl (C=O) groups excluding carboxylic acids is 2. The summed E-state index contributed by atoms with van der Waals surface area (Å²) in [6.45, 7) is 0.256. The van der Waals surface area contributed by atoms with E-state index in [1.54, 1.807) is 42.5 Å². The number of nitrogens with zero attached hydrogens (tertiary/aromatic N) is 1. The first-order valence-corrected chi connectivity index (χ1v) is 8.44. The third kappa shape index (κ3) is 3.72. The van der Waals surface area contributed by atoms with Crippen LogP contribution in [0.5, 0.6) is 5.75 Å². The van der Waals surface area contributed by atoms with Crippen molar-refractivity contribution in [2.75, 3.05) is 23.9 Å². The number of para-hydroxylation sites is 1. The molecule has 2 amide bonds. The summed E-state index contributed by atoms with van der Waals surface area (Å²) in [7, 11) is 1.52. The number of hydrogen-bond acceptors (Lipinski definition) is 3. The zero-order valence-electron chi connectivity index (χ0n) is 13.5. The Balaban J connectivity index is 1.78. The lowest BCUT2D eigenvalue weighted by Gasteiger charge is -2.20. The van der Waals surface area contributed by atoms with E-state index >= 15 is 0 Å². The highest BCUT2D eigenvalue weighted by molar-refractivity contribution is 6.33. The predicted molar refractivity (Wildman–Crippen MR) is 98.5 cm³/mol. The maximum Gasteiger partial charge on any atom is 0.229 e. The summed E-state index contributed by atoms with van der Waals surface area (Å²) in [6.07, 6.45) is 0.117. The number of benzene rings is 2. The molecule has 25 heavy (non-hydrogen) atoms. The van der Waals surface area contributed by atoms with Crippen molar-refractivity contribution in [3.8, 4) is 5.75 Å². The third-order valence-electron chi connectivity index (χ3n) is 4.06. The predicted octanol–water partition coefficient (Wildman–Crippen LogP) is 3.99. The van der Waals surface area contributed by atoms with Crippen molar-refractivity contribution in [2.24, 2.45) is 5.92 Å². The van der Waals surface area contributed by atoms with E-state index in [0.29, 0.717) is 27.2 Å². The Hall–Kier alpha value is -2.24. The third-order valence-corrected chi connectivity index (χ3v) is 4.62. The van der Waals surface area contributed by atoms with E-state index < -0.39 is 5.92 Å². The van der Waals surface area contributed by atoms with E-state index in [1.165, 1.54) is 12.0 Å². The van der Waals surface area contributed by atoms with Crippen LogP contribution in [0.2, 0.25) is 10.0 Å². The normalized spacial score (nSPS) is 16.8. The minimum absolute atomic E-state index is 0.117. The van der Waals surface area contributed by atoms with Crippen LogP contribution in [0, 0.1) is 5.92 Å². The molecule has 130 valence electrons. The van der Waals surface area contributed by atoms with E-state index in [2.05, 4.69) is 5.32 Å². The van der Waals surface area contributed by atoms with Gasteiger partial charge in [-0.1, -0.05) is 35.3 Å². The van der Waals surface area contributed by atoms with Gasteiger partial charge in [-0.15, -0.1) is 0 Å². The smallest absolute Gasteiger partial charge is 0.229 e. The molecule has 1 N–H and O–H groups in total. The van der Waals surface area contributed by atoms with Gasteiger partial charge in [0.05, 0.1) is 29.4 Å². The van der Waals surface area contributed by atoms with Crippen molar-refractivity contribution in [1.82, 2.24) is 0 Å². The van der Waals surface area contributed by atoms with Crippen LogP contribution in [0.1, 0.15) is 6.42 Å². The number of carbonyl (C=O) groups is 2. The molecule has 0 unspecified atom stereocenters. The van der Waals surface area contributed by atoms with Gasteiger partial charge in [0.15, 0.2) is 0 Å². The molecule has 1 aliphatic rings. The van der Waals surface area contributed by atoms with E-state index in [9.17, 15) is 9.59 Å². The van der Waals surface area contributed by atoms with Crippen LogP contribution in [-0.4, -0.2) is 25.5 Å². The minimum Gasteiger partial charge on any atom is -0.495 e. The van der Waals surface area contributed by atoms with Crippen LogP contribution in [-0.2, 0) is 9.59 Å². The molecule has 1 aliphatic heterocycles. The fourth-order valence-corrected chi connectivity index (χ4v) is 3.14. The number of nitrogens with one attached hydrogen (secondary N) is 1. The summed E-state index contributed by atoms with van der Waals surface area (Å²) >= 11 is 12.1. The van der Waals surface area contributed by atoms with Gasteiger partial charge in [-0.2, -0.15) is 0 Å². The van der Waals surface area contributed by atoms with Gasteiger partial charge >= 0.3 is 0 Å². The molecule has 0 aromatic heterocycles. The molecule has 1 heterocycles. The fraction of sp³-hybridized carbons (Fsp3) is 0.222. The highest BCUT2D eigenvalue weighted by Crippen LogP contribution is 2.35. The largest absolute Gasteiger partial charge is 0.495 e. The molecule has 0 aliphatic carbocycles. The second kappa shape index (κ2) is 7.33. The van der Waals surface area contributed by atoms with Crippen molar-refractivity contribution in [2.45, 2.75) is 6.42 Å². The second-order valence-electron chi connectivity index (χ2n) is 5.69. The Morgan fingerprint density at radius 2 is 2.00 bits per heavy atom. The summed E-state index contributed by atoms with van der Waals surface area (Å²) < 4.78 is 5.30. The molecule has 3 rings (SSSR count). The number of ether oxygens (including phenoxy) is 1. The van der Waals surface area contributed by atoms with Gasteiger partial charge in [0, 0.05) is 18.0 Å². The van der Waals surface area contributed by atoms with Crippen LogP contribution in [0.15, 0.2) is 42.5 Å². The lowest BCUT2D eigenvalue weighted by molar-refractivity contribution is -0.122. The molecule has 2 aromatic rings. The summed E-state index contributed by atoms with van der Waals surface area (Å²) in [4.78, 5) is 26.4. The molecule has 0 spiro atoms. The molecule has 1 atom stereocenters. The van der Waals surface area contributed by atoms with Gasteiger partial charge < -0.3 is 15.0 Å². The first-order chi connectivity index (χ1) is 12.0. The Morgan fingerprint density at radius 3 is 2.72 bits per heavy atom. The van der Waals surface area contributed by atoms with Gasteiger partial charge in [-0.25, -0.2) is 0 Å². The van der Waals surface area contributed by atoms with Gasteiger partial charge in [0.2, 0.25) is 11.8 Å². The molecule has 1 fully saturated rings. The highest BCUT2D eigenvalue weighted by Gasteiger charge is 2.36. The zero-order chi connectivity index (χ0) is 18.0. The van der Waals surface area contributed by atoms with Crippen molar-refractivity contribution in [1.29, 1.82) is 0 Å². The second-order valence-corrected chi connectivity index (χ2v) is 6.53. The lowest BCUT2D eigenvalue weighted by Crippen LogP contribution is -2.28. The lowest BCUT2D eigenvalue weighted by atomic mass is 10.1. The van der Waals surface area contributed by atoms with Crippen LogP contribution in [0.3, 0.4) is 0 Å². The fourth-order valence-electron chi connectivity index (χ4n) is 2.79. The zero-order valence-corrected chi connectivity index (χ0v) is 15.0. The molecule has 2 aromatic carbocycles. The van der Waals surface area contributed by atoms with E-state index in [0.717, 1.165) is 0 Å². The van der Waals surface area contributed by atoms with Crippen LogP contribution in [0.25, 0.3) is 0 Å². The van der Waals surface area contributed by atoms with Crippen molar-refractivity contribution >= 4 is 46.4 Å². The number of anilines is 2. The number of rotatable bonds is 4. The first kappa shape index (κ1) is 17.6. The molecule has 7 heteroatoms. The van der Waals surface area contributed by atoms with Crippen LogP contribution >= 0.6 is 23.2 Å². The number of halogens is 2. The first-order valence-electron chi connectivity index (χ1n) is 7.69. The van der Waals surface area contributed by atoms with Crippen molar-refractivity contribution < 1.29 is 14.3 Å². The summed E-state index contributed by atoms with van der Waals surface area (Å²) in [6, 6.07) is 12.0. The van der Waals surface area contributed by atoms with E-state index in [4.69, 9.17) is 27.9 Å². The number of hydrogen-bond donors (Lipinski definition) is 1. The van der Waals surface area contributed by atoms with Gasteiger partial charge in [-0.3, -0.25) is 9.59 Å². The minimum atomic E-state index is -0.479. The van der Waals surface area contributed by atoms with Crippen LogP contribution in [0.4, 0.5) is 11.4 Å². The molecular formula is C18H16Cl2N2O3. The Bertz CT molecular complexity index is 826. The summed E-state index contributed by atoms with van der Waals surface area (Å²) in [5.74, 6) is -0.345. The molecular weight excluding hydrogens is 363 g/mol. The number of amides is 2. The number of methoxy groups -OCH3 is 1.